The minimum Gasteiger partial charge on any atom is -0.353 e. The summed E-state index contributed by atoms with van der Waals surface area (Å²) in [5, 5.41) is 19.5. The minimum absolute atomic E-state index is 0.607. The van der Waals surface area contributed by atoms with E-state index in [4.69, 9.17) is 0 Å². The number of hydrogen-bond acceptors (Lipinski definition) is 6. The van der Waals surface area contributed by atoms with Crippen molar-refractivity contribution in [1.29, 1.82) is 0 Å². The van der Waals surface area contributed by atoms with Crippen LogP contribution in [0.3, 0.4) is 0 Å². The highest BCUT2D eigenvalue weighted by atomic mass is 79.9. The first-order chi connectivity index (χ1) is 7.29. The van der Waals surface area contributed by atoms with Crippen LogP contribution in [-0.2, 0) is 13.1 Å². The van der Waals surface area contributed by atoms with E-state index in [1.807, 2.05) is 11.5 Å². The SMILES string of the molecule is CCn1cnnc1CNc1nnc(Br)s1. The van der Waals surface area contributed by atoms with Crippen LogP contribution in [0.5, 0.6) is 0 Å². The van der Waals surface area contributed by atoms with Gasteiger partial charge in [0, 0.05) is 6.54 Å². The van der Waals surface area contributed by atoms with Gasteiger partial charge in [0.15, 0.2) is 9.74 Å². The third-order valence-electron chi connectivity index (χ3n) is 1.83. The second-order valence-electron chi connectivity index (χ2n) is 2.75. The Morgan fingerprint density at radius 1 is 1.47 bits per heavy atom. The van der Waals surface area contributed by atoms with Gasteiger partial charge in [0.25, 0.3) is 0 Å². The third-order valence-corrected chi connectivity index (χ3v) is 3.15. The highest BCUT2D eigenvalue weighted by Gasteiger charge is 2.04. The van der Waals surface area contributed by atoms with Crippen LogP contribution >= 0.6 is 27.3 Å². The molecule has 0 saturated carbocycles. The normalized spacial score (nSPS) is 10.5. The molecule has 2 rings (SSSR count). The van der Waals surface area contributed by atoms with Crippen LogP contribution in [0.15, 0.2) is 10.2 Å². The Kier molecular flexibility index (Phi) is 3.27. The molecule has 0 saturated heterocycles. The van der Waals surface area contributed by atoms with Gasteiger partial charge in [-0.3, -0.25) is 0 Å². The molecule has 0 aliphatic carbocycles. The van der Waals surface area contributed by atoms with Crippen LogP contribution in [0.25, 0.3) is 0 Å². The zero-order valence-corrected chi connectivity index (χ0v) is 10.4. The van der Waals surface area contributed by atoms with Crippen LogP contribution in [-0.4, -0.2) is 25.0 Å². The van der Waals surface area contributed by atoms with Crippen molar-refractivity contribution in [2.24, 2.45) is 0 Å². The fraction of sp³-hybridized carbons (Fsp3) is 0.429. The van der Waals surface area contributed by atoms with Crippen molar-refractivity contribution in [2.75, 3.05) is 5.32 Å². The number of anilines is 1. The molecule has 0 atom stereocenters. The van der Waals surface area contributed by atoms with Gasteiger partial charge in [-0.2, -0.15) is 0 Å². The average molecular weight is 289 g/mol. The molecule has 0 spiro atoms. The molecule has 0 amide bonds. The standard InChI is InChI=1S/C7H9BrN6S/c1-2-14-4-10-11-5(14)3-9-7-13-12-6(8)15-7/h4H,2-3H2,1H3,(H,9,13). The second-order valence-corrected chi connectivity index (χ2v) is 5.00. The van der Waals surface area contributed by atoms with Crippen molar-refractivity contribution >= 4 is 32.4 Å². The summed E-state index contributed by atoms with van der Waals surface area (Å²) in [6.07, 6.45) is 1.72. The lowest BCUT2D eigenvalue weighted by molar-refractivity contribution is 0.707. The Balaban J connectivity index is 1.98. The van der Waals surface area contributed by atoms with E-state index >= 15 is 0 Å². The first-order valence-corrected chi connectivity index (χ1v) is 6.00. The van der Waals surface area contributed by atoms with Crippen LogP contribution in [0.4, 0.5) is 5.13 Å². The van der Waals surface area contributed by atoms with E-state index in [9.17, 15) is 0 Å². The molecule has 8 heteroatoms. The molecular formula is C7H9BrN6S. The van der Waals surface area contributed by atoms with Gasteiger partial charge in [-0.05, 0) is 22.9 Å². The summed E-state index contributed by atoms with van der Waals surface area (Å²) in [4.78, 5) is 0. The molecule has 0 unspecified atom stereocenters. The van der Waals surface area contributed by atoms with E-state index in [0.29, 0.717) is 6.54 Å². The number of halogens is 1. The number of aromatic nitrogens is 5. The van der Waals surface area contributed by atoms with E-state index in [1.165, 1.54) is 11.3 Å². The second kappa shape index (κ2) is 4.67. The van der Waals surface area contributed by atoms with E-state index < -0.39 is 0 Å². The summed E-state index contributed by atoms with van der Waals surface area (Å²) in [5.41, 5.74) is 0. The Morgan fingerprint density at radius 2 is 2.33 bits per heavy atom. The molecule has 0 radical (unpaired) electrons. The molecule has 0 aliphatic rings. The zero-order chi connectivity index (χ0) is 10.7. The molecule has 6 nitrogen and oxygen atoms in total. The zero-order valence-electron chi connectivity index (χ0n) is 8.01. The molecule has 1 N–H and O–H groups in total. The van der Waals surface area contributed by atoms with Gasteiger partial charge >= 0.3 is 0 Å². The van der Waals surface area contributed by atoms with Gasteiger partial charge < -0.3 is 9.88 Å². The summed E-state index contributed by atoms with van der Waals surface area (Å²) in [6, 6.07) is 0. The van der Waals surface area contributed by atoms with Crippen molar-refractivity contribution in [3.05, 3.63) is 16.1 Å². The van der Waals surface area contributed by atoms with E-state index in [1.54, 1.807) is 6.33 Å². The monoisotopic (exact) mass is 288 g/mol. The molecule has 0 fully saturated rings. The lowest BCUT2D eigenvalue weighted by Crippen LogP contribution is -2.07. The summed E-state index contributed by atoms with van der Waals surface area (Å²) in [7, 11) is 0. The fourth-order valence-corrected chi connectivity index (χ4v) is 2.12. The van der Waals surface area contributed by atoms with Crippen molar-refractivity contribution in [3.8, 4) is 0 Å². The Labute approximate surface area is 98.9 Å². The van der Waals surface area contributed by atoms with Gasteiger partial charge in [0.1, 0.15) is 6.33 Å². The van der Waals surface area contributed by atoms with Gasteiger partial charge in [0.2, 0.25) is 5.13 Å². The summed E-state index contributed by atoms with van der Waals surface area (Å²) in [6.45, 7) is 3.52. The number of aryl methyl sites for hydroxylation is 1. The van der Waals surface area contributed by atoms with E-state index in [-0.39, 0.29) is 0 Å². The van der Waals surface area contributed by atoms with Gasteiger partial charge in [0.05, 0.1) is 6.54 Å². The van der Waals surface area contributed by atoms with Crippen molar-refractivity contribution in [3.63, 3.8) is 0 Å². The highest BCUT2D eigenvalue weighted by Crippen LogP contribution is 2.20. The lowest BCUT2D eigenvalue weighted by atomic mass is 10.5. The van der Waals surface area contributed by atoms with E-state index in [2.05, 4.69) is 41.6 Å². The Bertz CT molecular complexity index is 438. The Hall–Kier alpha value is -1.02. The third kappa shape index (κ3) is 2.51. The first-order valence-electron chi connectivity index (χ1n) is 4.39. The summed E-state index contributed by atoms with van der Waals surface area (Å²) in [5.74, 6) is 0.892. The maximum atomic E-state index is 4.00. The number of nitrogens with one attached hydrogen (secondary N) is 1. The fourth-order valence-electron chi connectivity index (χ4n) is 1.11. The quantitative estimate of drug-likeness (QED) is 0.924. The molecule has 0 aromatic carbocycles. The van der Waals surface area contributed by atoms with Crippen molar-refractivity contribution < 1.29 is 0 Å². The average Bonchev–Trinajstić information content (AvgIpc) is 2.83. The van der Waals surface area contributed by atoms with Crippen LogP contribution < -0.4 is 5.32 Å². The first kappa shape index (κ1) is 10.5. The van der Waals surface area contributed by atoms with Gasteiger partial charge in [-0.15, -0.1) is 20.4 Å². The summed E-state index contributed by atoms with van der Waals surface area (Å²) < 4.78 is 2.74. The molecule has 2 aromatic rings. The number of hydrogen-bond donors (Lipinski definition) is 1. The molecule has 0 bridgehead atoms. The van der Waals surface area contributed by atoms with Gasteiger partial charge in [-0.25, -0.2) is 0 Å². The number of nitrogens with zero attached hydrogens (tertiary/aromatic N) is 5. The van der Waals surface area contributed by atoms with E-state index in [0.717, 1.165) is 21.4 Å². The molecule has 2 heterocycles. The van der Waals surface area contributed by atoms with Crippen LogP contribution in [0, 0.1) is 0 Å². The van der Waals surface area contributed by atoms with Crippen molar-refractivity contribution in [2.45, 2.75) is 20.0 Å². The molecule has 0 aliphatic heterocycles. The number of rotatable bonds is 4. The van der Waals surface area contributed by atoms with Gasteiger partial charge in [-0.1, -0.05) is 11.3 Å². The highest BCUT2D eigenvalue weighted by molar-refractivity contribution is 9.11. The molecule has 80 valence electrons. The minimum atomic E-state index is 0.607. The predicted octanol–water partition coefficient (Wildman–Crippen LogP) is 1.52. The topological polar surface area (TPSA) is 68.5 Å². The lowest BCUT2D eigenvalue weighted by Gasteiger charge is -2.02. The van der Waals surface area contributed by atoms with Crippen LogP contribution in [0.1, 0.15) is 12.7 Å². The maximum absolute atomic E-state index is 4.00. The van der Waals surface area contributed by atoms with Crippen molar-refractivity contribution in [1.82, 2.24) is 25.0 Å². The smallest absolute Gasteiger partial charge is 0.206 e. The molecular weight excluding hydrogens is 280 g/mol. The summed E-state index contributed by atoms with van der Waals surface area (Å²) >= 11 is 4.70. The molecule has 2 aromatic heterocycles. The predicted molar refractivity (Wildman–Crippen MR) is 60.6 cm³/mol. The maximum Gasteiger partial charge on any atom is 0.206 e. The molecule has 15 heavy (non-hydrogen) atoms. The largest absolute Gasteiger partial charge is 0.353 e. The van der Waals surface area contributed by atoms with Crippen LogP contribution in [0.2, 0.25) is 0 Å². The Morgan fingerprint density at radius 3 is 3.00 bits per heavy atom.